The minimum Gasteiger partial charge on any atom is -0.0695 e. The maximum absolute atomic E-state index is 2.54. The van der Waals surface area contributed by atoms with Crippen LogP contribution in [0.5, 0.6) is 0 Å². The van der Waals surface area contributed by atoms with Crippen LogP contribution in [-0.4, -0.2) is 16.1 Å². The fourth-order valence-electron chi connectivity index (χ4n) is 4.09. The van der Waals surface area contributed by atoms with Gasteiger partial charge in [0, 0.05) is 8.07 Å². The molecule has 0 nitrogen and oxygen atoms in total. The number of benzene rings is 1. The van der Waals surface area contributed by atoms with Crippen molar-refractivity contribution in [3.63, 3.8) is 0 Å². The quantitative estimate of drug-likeness (QED) is 0.700. The third-order valence-corrected chi connectivity index (χ3v) is 9.46. The monoisotopic (exact) mass is 262 g/mol. The second-order valence-electron chi connectivity index (χ2n) is 7.90. The lowest BCUT2D eigenvalue weighted by molar-refractivity contribution is 0.588. The zero-order valence-corrected chi connectivity index (χ0v) is 14.2. The molecule has 0 bridgehead atoms. The van der Waals surface area contributed by atoms with Crippen LogP contribution in [0.15, 0.2) is 24.3 Å². The molecule has 0 amide bonds. The Kier molecular flexibility index (Phi) is 2.94. The van der Waals surface area contributed by atoms with Crippen molar-refractivity contribution in [3.8, 4) is 0 Å². The molecular formula is C15H26Si2. The zero-order valence-electron chi connectivity index (χ0n) is 12.2. The second kappa shape index (κ2) is 3.82. The van der Waals surface area contributed by atoms with E-state index in [1.54, 1.807) is 10.8 Å². The van der Waals surface area contributed by atoms with Gasteiger partial charge in [0.2, 0.25) is 0 Å². The van der Waals surface area contributed by atoms with Gasteiger partial charge in [-0.25, -0.2) is 0 Å². The molecule has 0 spiro atoms. The van der Waals surface area contributed by atoms with Crippen molar-refractivity contribution >= 4 is 21.3 Å². The molecule has 94 valence electrons. The Labute approximate surface area is 108 Å². The van der Waals surface area contributed by atoms with Gasteiger partial charge in [-0.05, 0) is 23.1 Å². The lowest BCUT2D eigenvalue weighted by Crippen LogP contribution is -2.38. The summed E-state index contributed by atoms with van der Waals surface area (Å²) in [4.78, 5) is 0. The summed E-state index contributed by atoms with van der Waals surface area (Å²) < 4.78 is 0. The highest BCUT2D eigenvalue weighted by Gasteiger charge is 2.47. The Hall–Kier alpha value is -0.346. The lowest BCUT2D eigenvalue weighted by atomic mass is 9.87. The van der Waals surface area contributed by atoms with Crippen LogP contribution in [0.2, 0.25) is 44.8 Å². The molecule has 0 saturated heterocycles. The van der Waals surface area contributed by atoms with Crippen LogP contribution in [0.1, 0.15) is 12.5 Å². The first-order valence-electron chi connectivity index (χ1n) is 6.74. The van der Waals surface area contributed by atoms with Crippen LogP contribution in [0.25, 0.3) is 0 Å². The molecule has 1 unspecified atom stereocenters. The molecule has 1 heterocycles. The Bertz CT molecular complexity index is 425. The van der Waals surface area contributed by atoms with Gasteiger partial charge in [0.25, 0.3) is 0 Å². The Balaban J connectivity index is 2.47. The van der Waals surface area contributed by atoms with Crippen LogP contribution in [-0.2, 0) is 5.41 Å². The van der Waals surface area contributed by atoms with E-state index < -0.39 is 16.1 Å². The summed E-state index contributed by atoms with van der Waals surface area (Å²) >= 11 is 0. The number of fused-ring (bicyclic) bond motifs is 1. The smallest absolute Gasteiger partial charge is 0.0695 e. The van der Waals surface area contributed by atoms with Crippen molar-refractivity contribution < 1.29 is 0 Å². The van der Waals surface area contributed by atoms with Crippen LogP contribution in [0.4, 0.5) is 0 Å². The number of hydrogen-bond donors (Lipinski definition) is 0. The fraction of sp³-hybridized carbons (Fsp3) is 0.600. The normalized spacial score (nSPS) is 26.9. The summed E-state index contributed by atoms with van der Waals surface area (Å²) in [5.41, 5.74) is 2.15. The highest BCUT2D eigenvalue weighted by Crippen LogP contribution is 2.44. The van der Waals surface area contributed by atoms with E-state index in [1.165, 1.54) is 12.1 Å². The Morgan fingerprint density at radius 3 is 2.35 bits per heavy atom. The molecule has 1 atom stereocenters. The summed E-state index contributed by atoms with van der Waals surface area (Å²) in [6.45, 7) is 15.1. The fourth-order valence-corrected chi connectivity index (χ4v) is 11.1. The minimum absolute atomic E-state index is 0.469. The van der Waals surface area contributed by atoms with Gasteiger partial charge < -0.3 is 0 Å². The molecule has 2 heteroatoms. The van der Waals surface area contributed by atoms with Gasteiger partial charge in [0.15, 0.2) is 0 Å². The third-order valence-electron chi connectivity index (χ3n) is 4.06. The molecule has 1 aromatic carbocycles. The van der Waals surface area contributed by atoms with Crippen molar-refractivity contribution in [3.05, 3.63) is 29.8 Å². The first-order chi connectivity index (χ1) is 7.64. The van der Waals surface area contributed by atoms with Crippen molar-refractivity contribution in [2.24, 2.45) is 0 Å². The van der Waals surface area contributed by atoms with Crippen LogP contribution in [0.3, 0.4) is 0 Å². The van der Waals surface area contributed by atoms with Gasteiger partial charge in [-0.2, -0.15) is 0 Å². The first-order valence-corrected chi connectivity index (χ1v) is 13.7. The van der Waals surface area contributed by atoms with E-state index in [2.05, 4.69) is 63.9 Å². The SMILES string of the molecule is CC1(C[Si](C)(C)C)C[Si](C)(C)c2ccccc21. The third kappa shape index (κ3) is 2.43. The van der Waals surface area contributed by atoms with E-state index in [0.717, 1.165) is 0 Å². The molecule has 0 saturated carbocycles. The van der Waals surface area contributed by atoms with E-state index in [9.17, 15) is 0 Å². The molecule has 17 heavy (non-hydrogen) atoms. The average Bonchev–Trinajstić information content (AvgIpc) is 2.32. The molecule has 1 aliphatic rings. The highest BCUT2D eigenvalue weighted by molar-refractivity contribution is 6.91. The molecule has 0 aromatic heterocycles. The van der Waals surface area contributed by atoms with Gasteiger partial charge in [0.1, 0.15) is 0 Å². The van der Waals surface area contributed by atoms with Gasteiger partial charge >= 0.3 is 0 Å². The van der Waals surface area contributed by atoms with E-state index in [1.807, 2.05) is 0 Å². The van der Waals surface area contributed by atoms with Gasteiger partial charge in [-0.3, -0.25) is 0 Å². The van der Waals surface area contributed by atoms with E-state index in [4.69, 9.17) is 0 Å². The maximum Gasteiger partial charge on any atom is 0.0818 e. The molecule has 0 radical (unpaired) electrons. The number of hydrogen-bond acceptors (Lipinski definition) is 0. The minimum atomic E-state index is -1.17. The van der Waals surface area contributed by atoms with E-state index >= 15 is 0 Å². The number of rotatable bonds is 2. The second-order valence-corrected chi connectivity index (χ2v) is 18.0. The molecule has 0 N–H and O–H groups in total. The summed E-state index contributed by atoms with van der Waals surface area (Å²) in [7, 11) is -2.18. The van der Waals surface area contributed by atoms with Crippen LogP contribution < -0.4 is 5.19 Å². The standard InChI is InChI=1S/C15H26Si2/c1-15(11-16(2,3)4)12-17(5,6)14-10-8-7-9-13(14)15/h7-10H,11-12H2,1-6H3. The predicted octanol–water partition coefficient (Wildman–Crippen LogP) is 4.21. The lowest BCUT2D eigenvalue weighted by Gasteiger charge is -2.33. The molecule has 1 aromatic rings. The summed E-state index contributed by atoms with van der Waals surface area (Å²) in [6, 6.07) is 12.1. The Morgan fingerprint density at radius 2 is 1.76 bits per heavy atom. The summed E-state index contributed by atoms with van der Waals surface area (Å²) in [6.07, 6.45) is 0. The Morgan fingerprint density at radius 1 is 1.18 bits per heavy atom. The van der Waals surface area contributed by atoms with Crippen molar-refractivity contribution in [2.45, 2.75) is 57.2 Å². The molecular weight excluding hydrogens is 236 g/mol. The van der Waals surface area contributed by atoms with Crippen molar-refractivity contribution in [2.75, 3.05) is 0 Å². The first kappa shape index (κ1) is 13.1. The summed E-state index contributed by atoms with van der Waals surface area (Å²) in [5, 5.41) is 1.72. The summed E-state index contributed by atoms with van der Waals surface area (Å²) in [5.74, 6) is 0. The van der Waals surface area contributed by atoms with Crippen LogP contribution in [0, 0.1) is 0 Å². The molecule has 1 aliphatic heterocycles. The van der Waals surface area contributed by atoms with E-state index in [-0.39, 0.29) is 0 Å². The predicted molar refractivity (Wildman–Crippen MR) is 83.9 cm³/mol. The van der Waals surface area contributed by atoms with Crippen LogP contribution >= 0.6 is 0 Å². The average molecular weight is 263 g/mol. The molecule has 2 rings (SSSR count). The molecule has 0 aliphatic carbocycles. The van der Waals surface area contributed by atoms with Gasteiger partial charge in [-0.15, -0.1) is 0 Å². The van der Waals surface area contributed by atoms with Crippen molar-refractivity contribution in [1.82, 2.24) is 0 Å². The largest absolute Gasteiger partial charge is 0.0818 e. The van der Waals surface area contributed by atoms with Gasteiger partial charge in [-0.1, -0.05) is 69.1 Å². The maximum atomic E-state index is 2.54. The topological polar surface area (TPSA) is 0 Å². The van der Waals surface area contributed by atoms with Crippen molar-refractivity contribution in [1.29, 1.82) is 0 Å². The zero-order chi connectivity index (χ0) is 12.9. The van der Waals surface area contributed by atoms with Gasteiger partial charge in [0.05, 0.1) is 8.07 Å². The molecule has 0 fully saturated rings. The van der Waals surface area contributed by atoms with E-state index in [0.29, 0.717) is 5.41 Å². The highest BCUT2D eigenvalue weighted by atomic mass is 28.3.